The SMILES string of the molecule is C=Cc1ccc(CCCCCCCC)c2ccccc12. The third-order valence-electron chi connectivity index (χ3n) is 4.07. The molecule has 0 heterocycles. The molecular weight excluding hydrogens is 240 g/mol. The zero-order valence-electron chi connectivity index (χ0n) is 12.7. The third-order valence-corrected chi connectivity index (χ3v) is 4.07. The fraction of sp³-hybridized carbons (Fsp3) is 0.400. The van der Waals surface area contributed by atoms with Crippen LogP contribution in [0.5, 0.6) is 0 Å². The summed E-state index contributed by atoms with van der Waals surface area (Å²) in [4.78, 5) is 0. The minimum Gasteiger partial charge on any atom is -0.0984 e. The highest BCUT2D eigenvalue weighted by atomic mass is 14.1. The van der Waals surface area contributed by atoms with Gasteiger partial charge in [-0.3, -0.25) is 0 Å². The van der Waals surface area contributed by atoms with Crippen molar-refractivity contribution in [2.75, 3.05) is 0 Å². The Labute approximate surface area is 123 Å². The minimum absolute atomic E-state index is 1.20. The van der Waals surface area contributed by atoms with E-state index in [4.69, 9.17) is 0 Å². The summed E-state index contributed by atoms with van der Waals surface area (Å²) < 4.78 is 0. The van der Waals surface area contributed by atoms with Gasteiger partial charge in [-0.15, -0.1) is 0 Å². The second-order valence-electron chi connectivity index (χ2n) is 5.58. The summed E-state index contributed by atoms with van der Waals surface area (Å²) in [6, 6.07) is 13.2. The summed E-state index contributed by atoms with van der Waals surface area (Å²) >= 11 is 0. The number of aryl methyl sites for hydroxylation is 1. The van der Waals surface area contributed by atoms with Crippen molar-refractivity contribution in [3.63, 3.8) is 0 Å². The van der Waals surface area contributed by atoms with E-state index in [0.29, 0.717) is 0 Å². The van der Waals surface area contributed by atoms with E-state index < -0.39 is 0 Å². The van der Waals surface area contributed by atoms with Crippen molar-refractivity contribution < 1.29 is 0 Å². The molecule has 0 heteroatoms. The number of hydrogen-bond donors (Lipinski definition) is 0. The first-order chi connectivity index (χ1) is 9.86. The standard InChI is InChI=1S/C20H26/c1-3-5-6-7-8-9-12-18-16-15-17(4-2)19-13-10-11-14-20(18)19/h4,10-11,13-16H,2-3,5-9,12H2,1H3. The average molecular weight is 266 g/mol. The quantitative estimate of drug-likeness (QED) is 0.486. The first kappa shape index (κ1) is 14.8. The topological polar surface area (TPSA) is 0 Å². The van der Waals surface area contributed by atoms with Gasteiger partial charge >= 0.3 is 0 Å². The lowest BCUT2D eigenvalue weighted by Crippen LogP contribution is -1.90. The maximum absolute atomic E-state index is 3.91. The molecule has 0 aliphatic heterocycles. The molecule has 0 radical (unpaired) electrons. The molecule has 0 aliphatic carbocycles. The molecule has 0 amide bonds. The Balaban J connectivity index is 2.02. The Morgan fingerprint density at radius 1 is 0.850 bits per heavy atom. The molecule has 0 aliphatic rings. The van der Waals surface area contributed by atoms with Crippen LogP contribution in [0.1, 0.15) is 56.6 Å². The summed E-state index contributed by atoms with van der Waals surface area (Å²) in [6.07, 6.45) is 11.3. The molecule has 0 spiro atoms. The molecule has 2 aromatic carbocycles. The van der Waals surface area contributed by atoms with Gasteiger partial charge < -0.3 is 0 Å². The van der Waals surface area contributed by atoms with Gasteiger partial charge in [0.05, 0.1) is 0 Å². The molecule has 0 fully saturated rings. The largest absolute Gasteiger partial charge is 0.0984 e. The Bertz CT molecular complexity index is 551. The van der Waals surface area contributed by atoms with Crippen LogP contribution in [-0.2, 0) is 6.42 Å². The summed E-state index contributed by atoms with van der Waals surface area (Å²) in [7, 11) is 0. The van der Waals surface area contributed by atoms with E-state index >= 15 is 0 Å². The van der Waals surface area contributed by atoms with Crippen LogP contribution in [0.15, 0.2) is 43.0 Å². The summed E-state index contributed by atoms with van der Waals surface area (Å²) in [6.45, 7) is 6.19. The minimum atomic E-state index is 1.20. The van der Waals surface area contributed by atoms with E-state index in [1.165, 1.54) is 66.8 Å². The molecule has 20 heavy (non-hydrogen) atoms. The fourth-order valence-corrected chi connectivity index (χ4v) is 2.88. The number of benzene rings is 2. The Kier molecular flexibility index (Phi) is 5.86. The van der Waals surface area contributed by atoms with Crippen LogP contribution in [0.4, 0.5) is 0 Å². The molecule has 106 valence electrons. The van der Waals surface area contributed by atoms with Gasteiger partial charge in [-0.2, -0.15) is 0 Å². The van der Waals surface area contributed by atoms with Crippen LogP contribution in [0.3, 0.4) is 0 Å². The smallest absolute Gasteiger partial charge is 0.0109 e. The predicted molar refractivity (Wildman–Crippen MR) is 91.1 cm³/mol. The molecule has 0 unspecified atom stereocenters. The van der Waals surface area contributed by atoms with Gasteiger partial charge in [-0.25, -0.2) is 0 Å². The van der Waals surface area contributed by atoms with Crippen LogP contribution in [0, 0.1) is 0 Å². The lowest BCUT2D eigenvalue weighted by atomic mass is 9.96. The molecular formula is C20H26. The van der Waals surface area contributed by atoms with Crippen molar-refractivity contribution in [3.8, 4) is 0 Å². The summed E-state index contributed by atoms with van der Waals surface area (Å²) in [5, 5.41) is 2.74. The summed E-state index contributed by atoms with van der Waals surface area (Å²) in [5.41, 5.74) is 2.73. The zero-order valence-corrected chi connectivity index (χ0v) is 12.7. The van der Waals surface area contributed by atoms with Crippen molar-refractivity contribution in [1.82, 2.24) is 0 Å². The number of unbranched alkanes of at least 4 members (excludes halogenated alkanes) is 5. The summed E-state index contributed by atoms with van der Waals surface area (Å²) in [5.74, 6) is 0. The van der Waals surface area contributed by atoms with Gasteiger partial charge in [-0.1, -0.05) is 88.1 Å². The highest BCUT2D eigenvalue weighted by Gasteiger charge is 2.03. The Hall–Kier alpha value is -1.56. The maximum Gasteiger partial charge on any atom is -0.0109 e. The monoisotopic (exact) mass is 266 g/mol. The van der Waals surface area contributed by atoms with E-state index in [0.717, 1.165) is 0 Å². The molecule has 0 aromatic heterocycles. The van der Waals surface area contributed by atoms with Gasteiger partial charge in [0.1, 0.15) is 0 Å². The van der Waals surface area contributed by atoms with Gasteiger partial charge in [-0.05, 0) is 34.7 Å². The van der Waals surface area contributed by atoms with E-state index in [9.17, 15) is 0 Å². The molecule has 2 rings (SSSR count). The van der Waals surface area contributed by atoms with Crippen molar-refractivity contribution >= 4 is 16.8 Å². The van der Waals surface area contributed by atoms with Crippen LogP contribution in [0.25, 0.3) is 16.8 Å². The third kappa shape index (κ3) is 3.72. The van der Waals surface area contributed by atoms with E-state index in [1.54, 1.807) is 0 Å². The normalized spacial score (nSPS) is 10.8. The highest BCUT2D eigenvalue weighted by Crippen LogP contribution is 2.25. The lowest BCUT2D eigenvalue weighted by molar-refractivity contribution is 0.608. The first-order valence-electron chi connectivity index (χ1n) is 8.00. The molecule has 2 aromatic rings. The van der Waals surface area contributed by atoms with Crippen LogP contribution >= 0.6 is 0 Å². The Morgan fingerprint density at radius 2 is 1.55 bits per heavy atom. The van der Waals surface area contributed by atoms with Gasteiger partial charge in [0.2, 0.25) is 0 Å². The van der Waals surface area contributed by atoms with Crippen LogP contribution in [-0.4, -0.2) is 0 Å². The van der Waals surface area contributed by atoms with Crippen molar-refractivity contribution in [2.45, 2.75) is 51.9 Å². The highest BCUT2D eigenvalue weighted by molar-refractivity contribution is 5.92. The number of fused-ring (bicyclic) bond motifs is 1. The second-order valence-corrected chi connectivity index (χ2v) is 5.58. The van der Waals surface area contributed by atoms with E-state index in [-0.39, 0.29) is 0 Å². The molecule has 0 atom stereocenters. The van der Waals surface area contributed by atoms with Gasteiger partial charge in [0.25, 0.3) is 0 Å². The molecule has 0 N–H and O–H groups in total. The first-order valence-corrected chi connectivity index (χ1v) is 8.00. The second kappa shape index (κ2) is 7.89. The molecule has 0 saturated carbocycles. The van der Waals surface area contributed by atoms with Gasteiger partial charge in [0, 0.05) is 0 Å². The zero-order chi connectivity index (χ0) is 14.2. The lowest BCUT2D eigenvalue weighted by Gasteiger charge is -2.09. The van der Waals surface area contributed by atoms with Crippen LogP contribution < -0.4 is 0 Å². The maximum atomic E-state index is 3.91. The molecule has 0 saturated heterocycles. The van der Waals surface area contributed by atoms with E-state index in [1.807, 2.05) is 6.08 Å². The Morgan fingerprint density at radius 3 is 2.30 bits per heavy atom. The van der Waals surface area contributed by atoms with Crippen molar-refractivity contribution in [1.29, 1.82) is 0 Å². The van der Waals surface area contributed by atoms with E-state index in [2.05, 4.69) is 49.9 Å². The average Bonchev–Trinajstić information content (AvgIpc) is 2.50. The molecule has 0 bridgehead atoms. The van der Waals surface area contributed by atoms with Crippen molar-refractivity contribution in [2.24, 2.45) is 0 Å². The predicted octanol–water partition coefficient (Wildman–Crippen LogP) is 6.39. The van der Waals surface area contributed by atoms with Crippen LogP contribution in [0.2, 0.25) is 0 Å². The fourth-order valence-electron chi connectivity index (χ4n) is 2.88. The number of hydrogen-bond acceptors (Lipinski definition) is 0. The van der Waals surface area contributed by atoms with Gasteiger partial charge in [0.15, 0.2) is 0 Å². The molecule has 0 nitrogen and oxygen atoms in total. The van der Waals surface area contributed by atoms with Crippen molar-refractivity contribution in [3.05, 3.63) is 54.1 Å². The number of rotatable bonds is 8.